The van der Waals surface area contributed by atoms with E-state index >= 15 is 0 Å². The first-order valence-corrected chi connectivity index (χ1v) is 4.41. The third kappa shape index (κ3) is 1.37. The summed E-state index contributed by atoms with van der Waals surface area (Å²) in [7, 11) is 0. The second kappa shape index (κ2) is 3.05. The van der Waals surface area contributed by atoms with E-state index in [9.17, 15) is 5.11 Å². The van der Waals surface area contributed by atoms with Crippen LogP contribution in [0.2, 0.25) is 0 Å². The molecule has 1 aliphatic carbocycles. The van der Waals surface area contributed by atoms with Gasteiger partial charge in [-0.2, -0.15) is 0 Å². The molecular formula is C10H13NO. The van der Waals surface area contributed by atoms with Crippen molar-refractivity contribution in [3.63, 3.8) is 0 Å². The lowest BCUT2D eigenvalue weighted by Gasteiger charge is -2.27. The Labute approximate surface area is 72.2 Å². The molecule has 0 aromatic heterocycles. The third-order valence-electron chi connectivity index (χ3n) is 2.37. The third-order valence-corrected chi connectivity index (χ3v) is 2.37. The molecule has 0 amide bonds. The fourth-order valence-corrected chi connectivity index (χ4v) is 1.37. The van der Waals surface area contributed by atoms with Crippen molar-refractivity contribution in [3.8, 4) is 5.75 Å². The molecule has 2 N–H and O–H groups in total. The highest BCUT2D eigenvalue weighted by Gasteiger charge is 2.17. The van der Waals surface area contributed by atoms with E-state index in [0.29, 0.717) is 11.8 Å². The van der Waals surface area contributed by atoms with Gasteiger partial charge in [-0.3, -0.25) is 0 Å². The van der Waals surface area contributed by atoms with Gasteiger partial charge < -0.3 is 10.4 Å². The highest BCUT2D eigenvalue weighted by atomic mass is 16.3. The van der Waals surface area contributed by atoms with Crippen molar-refractivity contribution >= 4 is 5.69 Å². The number of phenols is 1. The minimum absolute atomic E-state index is 0.351. The summed E-state index contributed by atoms with van der Waals surface area (Å²) in [5.74, 6) is 0.351. The summed E-state index contributed by atoms with van der Waals surface area (Å²) in [6, 6.07) is 7.97. The Morgan fingerprint density at radius 2 is 2.00 bits per heavy atom. The van der Waals surface area contributed by atoms with Crippen LogP contribution in [0.5, 0.6) is 5.75 Å². The van der Waals surface area contributed by atoms with Crippen molar-refractivity contribution < 1.29 is 5.11 Å². The minimum atomic E-state index is 0.351. The molecule has 2 heteroatoms. The predicted octanol–water partition coefficient (Wildman–Crippen LogP) is 2.36. The minimum Gasteiger partial charge on any atom is -0.506 e. The highest BCUT2D eigenvalue weighted by Crippen LogP contribution is 2.28. The van der Waals surface area contributed by atoms with Gasteiger partial charge in [-0.25, -0.2) is 0 Å². The number of para-hydroxylation sites is 2. The van der Waals surface area contributed by atoms with E-state index in [-0.39, 0.29) is 0 Å². The number of rotatable bonds is 2. The van der Waals surface area contributed by atoms with E-state index in [1.807, 2.05) is 18.2 Å². The molecule has 64 valence electrons. The van der Waals surface area contributed by atoms with Gasteiger partial charge >= 0.3 is 0 Å². The van der Waals surface area contributed by atoms with E-state index in [0.717, 1.165) is 5.69 Å². The Balaban J connectivity index is 2.06. The van der Waals surface area contributed by atoms with Crippen LogP contribution in [0.25, 0.3) is 0 Å². The van der Waals surface area contributed by atoms with Gasteiger partial charge in [-0.05, 0) is 31.4 Å². The van der Waals surface area contributed by atoms with Crippen molar-refractivity contribution in [3.05, 3.63) is 24.3 Å². The van der Waals surface area contributed by atoms with Crippen molar-refractivity contribution in [2.24, 2.45) is 0 Å². The first kappa shape index (κ1) is 7.47. The van der Waals surface area contributed by atoms with Crippen molar-refractivity contribution in [1.82, 2.24) is 0 Å². The first-order valence-electron chi connectivity index (χ1n) is 4.41. The summed E-state index contributed by atoms with van der Waals surface area (Å²) >= 11 is 0. The molecule has 1 fully saturated rings. The van der Waals surface area contributed by atoms with Gasteiger partial charge in [0.05, 0.1) is 5.69 Å². The van der Waals surface area contributed by atoms with E-state index in [4.69, 9.17) is 0 Å². The zero-order valence-corrected chi connectivity index (χ0v) is 6.96. The van der Waals surface area contributed by atoms with Crippen LogP contribution in [0.3, 0.4) is 0 Å². The average Bonchev–Trinajstić information content (AvgIpc) is 2.00. The van der Waals surface area contributed by atoms with Crippen LogP contribution in [-0.2, 0) is 0 Å². The second-order valence-corrected chi connectivity index (χ2v) is 3.29. The zero-order chi connectivity index (χ0) is 8.39. The Morgan fingerprint density at radius 3 is 2.58 bits per heavy atom. The maximum atomic E-state index is 9.42. The van der Waals surface area contributed by atoms with Crippen molar-refractivity contribution in [2.45, 2.75) is 25.3 Å². The molecule has 1 saturated carbocycles. The average molecular weight is 163 g/mol. The number of benzene rings is 1. The number of anilines is 1. The zero-order valence-electron chi connectivity index (χ0n) is 6.96. The Kier molecular flexibility index (Phi) is 1.90. The van der Waals surface area contributed by atoms with E-state index in [2.05, 4.69) is 5.32 Å². The maximum absolute atomic E-state index is 9.42. The van der Waals surface area contributed by atoms with Crippen LogP contribution in [0.4, 0.5) is 5.69 Å². The van der Waals surface area contributed by atoms with Crippen LogP contribution in [0, 0.1) is 0 Å². The van der Waals surface area contributed by atoms with E-state index in [1.165, 1.54) is 19.3 Å². The molecule has 0 saturated heterocycles. The van der Waals surface area contributed by atoms with Crippen molar-refractivity contribution in [1.29, 1.82) is 0 Å². The van der Waals surface area contributed by atoms with Gasteiger partial charge in [0.25, 0.3) is 0 Å². The largest absolute Gasteiger partial charge is 0.506 e. The van der Waals surface area contributed by atoms with Crippen LogP contribution < -0.4 is 5.32 Å². The lowest BCUT2D eigenvalue weighted by atomic mass is 9.93. The van der Waals surface area contributed by atoms with Crippen molar-refractivity contribution in [2.75, 3.05) is 5.32 Å². The van der Waals surface area contributed by atoms with Gasteiger partial charge in [0.15, 0.2) is 0 Å². The Hall–Kier alpha value is -1.18. The molecule has 1 aromatic rings. The van der Waals surface area contributed by atoms with Crippen LogP contribution in [0.1, 0.15) is 19.3 Å². The number of hydrogen-bond acceptors (Lipinski definition) is 2. The molecule has 0 bridgehead atoms. The normalized spacial score (nSPS) is 17.0. The fraction of sp³-hybridized carbons (Fsp3) is 0.400. The number of phenolic OH excluding ortho intramolecular Hbond substituents is 1. The molecule has 2 rings (SSSR count). The summed E-state index contributed by atoms with van der Waals surface area (Å²) in [6.45, 7) is 0. The number of hydrogen-bond donors (Lipinski definition) is 2. The molecule has 0 radical (unpaired) electrons. The lowest BCUT2D eigenvalue weighted by molar-refractivity contribution is 0.438. The molecule has 2 nitrogen and oxygen atoms in total. The summed E-state index contributed by atoms with van der Waals surface area (Å²) in [5.41, 5.74) is 0.863. The fourth-order valence-electron chi connectivity index (χ4n) is 1.37. The summed E-state index contributed by atoms with van der Waals surface area (Å²) in [4.78, 5) is 0. The number of aromatic hydroxyl groups is 1. The topological polar surface area (TPSA) is 32.3 Å². The SMILES string of the molecule is Oc1ccccc1NC1CCC1. The summed E-state index contributed by atoms with van der Waals surface area (Å²) in [6.07, 6.45) is 3.77. The Bertz CT molecular complexity index is 268. The van der Waals surface area contributed by atoms with Crippen LogP contribution in [-0.4, -0.2) is 11.1 Å². The Morgan fingerprint density at radius 1 is 1.25 bits per heavy atom. The van der Waals surface area contributed by atoms with Gasteiger partial charge in [0.1, 0.15) is 5.75 Å². The monoisotopic (exact) mass is 163 g/mol. The van der Waals surface area contributed by atoms with Gasteiger partial charge in [0, 0.05) is 6.04 Å². The smallest absolute Gasteiger partial charge is 0.138 e. The van der Waals surface area contributed by atoms with Crippen LogP contribution >= 0.6 is 0 Å². The summed E-state index contributed by atoms with van der Waals surface area (Å²) in [5, 5.41) is 12.7. The molecule has 0 aliphatic heterocycles. The molecule has 12 heavy (non-hydrogen) atoms. The van der Waals surface area contributed by atoms with Gasteiger partial charge in [-0.15, -0.1) is 0 Å². The summed E-state index contributed by atoms with van der Waals surface area (Å²) < 4.78 is 0. The first-order chi connectivity index (χ1) is 5.86. The predicted molar refractivity (Wildman–Crippen MR) is 49.4 cm³/mol. The molecule has 1 aliphatic rings. The standard InChI is InChI=1S/C10H13NO/c12-10-7-2-1-6-9(10)11-8-4-3-5-8/h1-2,6-8,11-12H,3-5H2. The number of nitrogens with one attached hydrogen (secondary N) is 1. The molecular weight excluding hydrogens is 150 g/mol. The maximum Gasteiger partial charge on any atom is 0.138 e. The van der Waals surface area contributed by atoms with Crippen LogP contribution in [0.15, 0.2) is 24.3 Å². The molecule has 0 heterocycles. The van der Waals surface area contributed by atoms with E-state index < -0.39 is 0 Å². The van der Waals surface area contributed by atoms with Gasteiger partial charge in [0.2, 0.25) is 0 Å². The quantitative estimate of drug-likeness (QED) is 0.656. The molecule has 1 aromatic carbocycles. The lowest BCUT2D eigenvalue weighted by Crippen LogP contribution is -2.26. The highest BCUT2D eigenvalue weighted by molar-refractivity contribution is 5.55. The molecule has 0 atom stereocenters. The van der Waals surface area contributed by atoms with E-state index in [1.54, 1.807) is 6.07 Å². The second-order valence-electron chi connectivity index (χ2n) is 3.29. The molecule has 0 spiro atoms. The van der Waals surface area contributed by atoms with Gasteiger partial charge in [-0.1, -0.05) is 12.1 Å². The molecule has 0 unspecified atom stereocenters.